The Hall–Kier alpha value is -3.84. The highest BCUT2D eigenvalue weighted by Crippen LogP contribution is 2.20. The summed E-state index contributed by atoms with van der Waals surface area (Å²) in [4.78, 5) is 21.7. The highest BCUT2D eigenvalue weighted by atomic mass is 35.5. The van der Waals surface area contributed by atoms with Crippen molar-refractivity contribution in [1.82, 2.24) is 14.5 Å². The normalized spacial score (nSPS) is 10.7. The highest BCUT2D eigenvalue weighted by Gasteiger charge is 2.15. The summed E-state index contributed by atoms with van der Waals surface area (Å²) < 4.78 is 2.09. The molecule has 0 bridgehead atoms. The number of anilines is 1. The molecule has 8 heteroatoms. The number of amidine groups is 1. The number of fused-ring (bicyclic) bond motifs is 1. The molecule has 0 aliphatic carbocycles. The van der Waals surface area contributed by atoms with Crippen LogP contribution in [-0.4, -0.2) is 47.3 Å². The minimum atomic E-state index is -0.0265. The van der Waals surface area contributed by atoms with Crippen molar-refractivity contribution in [3.05, 3.63) is 94.8 Å². The Bertz CT molecular complexity index is 1360. The van der Waals surface area contributed by atoms with Gasteiger partial charge in [0.2, 0.25) is 0 Å². The Labute approximate surface area is 218 Å². The molecule has 4 rings (SSSR count). The summed E-state index contributed by atoms with van der Waals surface area (Å²) in [6.45, 7) is 0.542. The number of hydrogen-bond acceptors (Lipinski definition) is 4. The van der Waals surface area contributed by atoms with Crippen LogP contribution in [0.2, 0.25) is 0 Å². The first-order chi connectivity index (χ1) is 16.7. The molecule has 7 nitrogen and oxygen atoms in total. The van der Waals surface area contributed by atoms with E-state index >= 15 is 0 Å². The van der Waals surface area contributed by atoms with Crippen LogP contribution in [0, 0.1) is 5.41 Å². The Morgan fingerprint density at radius 1 is 0.917 bits per heavy atom. The zero-order valence-corrected chi connectivity index (χ0v) is 22.0. The van der Waals surface area contributed by atoms with E-state index in [1.165, 1.54) is 0 Å². The maximum absolute atomic E-state index is 13.1. The molecule has 1 heterocycles. The van der Waals surface area contributed by atoms with Gasteiger partial charge in [-0.05, 0) is 47.9 Å². The molecular formula is C28H33ClN6O. The molecule has 1 amide bonds. The Morgan fingerprint density at radius 3 is 2.14 bits per heavy atom. The van der Waals surface area contributed by atoms with Crippen molar-refractivity contribution < 1.29 is 4.79 Å². The zero-order chi connectivity index (χ0) is 25.1. The molecule has 0 aliphatic heterocycles. The number of aryl methyl sites for hydroxylation is 3. The van der Waals surface area contributed by atoms with Crippen molar-refractivity contribution in [3.63, 3.8) is 0 Å². The van der Waals surface area contributed by atoms with E-state index in [0.717, 1.165) is 52.1 Å². The summed E-state index contributed by atoms with van der Waals surface area (Å²) in [5.41, 5.74) is 12.1. The summed E-state index contributed by atoms with van der Waals surface area (Å²) >= 11 is 0. The van der Waals surface area contributed by atoms with E-state index in [-0.39, 0.29) is 24.1 Å². The van der Waals surface area contributed by atoms with E-state index in [1.54, 1.807) is 4.90 Å². The minimum absolute atomic E-state index is 0. The number of halogens is 1. The van der Waals surface area contributed by atoms with Crippen LogP contribution in [-0.2, 0) is 26.4 Å². The summed E-state index contributed by atoms with van der Waals surface area (Å²) in [6.07, 6.45) is 1.60. The van der Waals surface area contributed by atoms with Gasteiger partial charge in [0.15, 0.2) is 0 Å². The first-order valence-corrected chi connectivity index (χ1v) is 11.6. The Morgan fingerprint density at radius 2 is 1.53 bits per heavy atom. The lowest BCUT2D eigenvalue weighted by molar-refractivity contribution is 0.0785. The van der Waals surface area contributed by atoms with Gasteiger partial charge in [-0.25, -0.2) is 4.98 Å². The number of nitrogens with two attached hydrogens (primary N) is 1. The lowest BCUT2D eigenvalue weighted by Gasteiger charge is -2.18. The maximum atomic E-state index is 13.1. The van der Waals surface area contributed by atoms with Crippen molar-refractivity contribution >= 4 is 40.9 Å². The van der Waals surface area contributed by atoms with Crippen LogP contribution >= 0.6 is 12.4 Å². The quantitative estimate of drug-likeness (QED) is 0.275. The molecule has 0 saturated heterocycles. The van der Waals surface area contributed by atoms with Crippen LogP contribution in [0.5, 0.6) is 0 Å². The second-order valence-electron chi connectivity index (χ2n) is 9.12. The van der Waals surface area contributed by atoms with Gasteiger partial charge in [-0.3, -0.25) is 10.2 Å². The molecule has 0 atom stereocenters. The van der Waals surface area contributed by atoms with Gasteiger partial charge < -0.3 is 20.1 Å². The lowest BCUT2D eigenvalue weighted by Crippen LogP contribution is -2.26. The Balaban J connectivity index is 0.00000361. The van der Waals surface area contributed by atoms with Crippen LogP contribution < -0.4 is 10.6 Å². The van der Waals surface area contributed by atoms with Crippen molar-refractivity contribution in [2.45, 2.75) is 19.4 Å². The summed E-state index contributed by atoms with van der Waals surface area (Å²) in [7, 11) is 7.86. The number of carbonyl (C=O) groups excluding carboxylic acids is 1. The number of nitrogen functional groups attached to an aromatic ring is 1. The van der Waals surface area contributed by atoms with Crippen LogP contribution in [0.4, 0.5) is 5.69 Å². The maximum Gasteiger partial charge on any atom is 0.253 e. The molecular weight excluding hydrogens is 472 g/mol. The van der Waals surface area contributed by atoms with Gasteiger partial charge in [0.25, 0.3) is 5.91 Å². The molecule has 188 valence electrons. The predicted octanol–water partition coefficient (Wildman–Crippen LogP) is 4.40. The molecule has 0 saturated carbocycles. The third kappa shape index (κ3) is 5.86. The van der Waals surface area contributed by atoms with Crippen LogP contribution in [0.1, 0.15) is 32.9 Å². The number of carbonyl (C=O) groups is 1. The summed E-state index contributed by atoms with van der Waals surface area (Å²) in [5.74, 6) is 1.01. The van der Waals surface area contributed by atoms with Crippen LogP contribution in [0.15, 0.2) is 66.7 Å². The van der Waals surface area contributed by atoms with Gasteiger partial charge in [-0.15, -0.1) is 12.4 Å². The van der Waals surface area contributed by atoms with Gasteiger partial charge in [-0.2, -0.15) is 0 Å². The highest BCUT2D eigenvalue weighted by molar-refractivity contribution is 5.97. The fourth-order valence-electron chi connectivity index (χ4n) is 4.18. The molecule has 4 aromatic rings. The predicted molar refractivity (Wildman–Crippen MR) is 149 cm³/mol. The average molecular weight is 505 g/mol. The molecule has 1 aromatic heterocycles. The van der Waals surface area contributed by atoms with Crippen LogP contribution in [0.3, 0.4) is 0 Å². The van der Waals surface area contributed by atoms with Gasteiger partial charge in [0, 0.05) is 58.0 Å². The topological polar surface area (TPSA) is 91.2 Å². The van der Waals surface area contributed by atoms with Gasteiger partial charge in [0.05, 0.1) is 11.0 Å². The van der Waals surface area contributed by atoms with E-state index in [0.29, 0.717) is 12.1 Å². The number of amides is 1. The molecule has 0 unspecified atom stereocenters. The van der Waals surface area contributed by atoms with Crippen molar-refractivity contribution in [2.24, 2.45) is 12.8 Å². The number of aromatic nitrogens is 2. The van der Waals surface area contributed by atoms with E-state index in [9.17, 15) is 4.79 Å². The fourth-order valence-corrected chi connectivity index (χ4v) is 4.18. The summed E-state index contributed by atoms with van der Waals surface area (Å²) in [6, 6.07) is 21.7. The SMILES string of the molecule is CN(Cc1ccc(N(C)C)cc1)C(=O)c1ccc2c(c1)nc(CCc1ccc(C(=N)N)cc1)n2C.Cl. The molecule has 0 aliphatic rings. The molecule has 36 heavy (non-hydrogen) atoms. The minimum Gasteiger partial charge on any atom is -0.384 e. The number of nitrogens with one attached hydrogen (secondary N) is 1. The van der Waals surface area contributed by atoms with E-state index in [1.807, 2.05) is 70.7 Å². The first-order valence-electron chi connectivity index (χ1n) is 11.6. The Kier molecular flexibility index (Phi) is 8.37. The van der Waals surface area contributed by atoms with E-state index in [4.69, 9.17) is 16.1 Å². The number of imidazole rings is 1. The first kappa shape index (κ1) is 26.8. The number of benzene rings is 3. The van der Waals surface area contributed by atoms with Gasteiger partial charge >= 0.3 is 0 Å². The molecule has 0 fully saturated rings. The van der Waals surface area contributed by atoms with E-state index in [2.05, 4.69) is 33.7 Å². The largest absolute Gasteiger partial charge is 0.384 e. The number of nitrogens with zero attached hydrogens (tertiary/aromatic N) is 4. The number of hydrogen-bond donors (Lipinski definition) is 2. The second kappa shape index (κ2) is 11.3. The monoisotopic (exact) mass is 504 g/mol. The molecule has 0 radical (unpaired) electrons. The third-order valence-electron chi connectivity index (χ3n) is 6.34. The van der Waals surface area contributed by atoms with Gasteiger partial charge in [-0.1, -0.05) is 36.4 Å². The molecule has 3 N–H and O–H groups in total. The van der Waals surface area contributed by atoms with Crippen molar-refractivity contribution in [3.8, 4) is 0 Å². The zero-order valence-electron chi connectivity index (χ0n) is 21.2. The van der Waals surface area contributed by atoms with Crippen molar-refractivity contribution in [2.75, 3.05) is 26.0 Å². The third-order valence-corrected chi connectivity index (χ3v) is 6.34. The van der Waals surface area contributed by atoms with Crippen molar-refractivity contribution in [1.29, 1.82) is 5.41 Å². The van der Waals surface area contributed by atoms with Gasteiger partial charge in [0.1, 0.15) is 11.7 Å². The van der Waals surface area contributed by atoms with Crippen LogP contribution in [0.25, 0.3) is 11.0 Å². The van der Waals surface area contributed by atoms with E-state index < -0.39 is 0 Å². The smallest absolute Gasteiger partial charge is 0.253 e. The molecule has 0 spiro atoms. The summed E-state index contributed by atoms with van der Waals surface area (Å²) in [5, 5.41) is 7.52. The number of rotatable bonds is 8. The second-order valence-corrected chi connectivity index (χ2v) is 9.12. The lowest BCUT2D eigenvalue weighted by atomic mass is 10.1. The standard InChI is InChI=1S/C28H32N6O.ClH/c1-32(2)23-13-7-20(8-14-23)18-33(3)28(35)22-12-15-25-24(17-22)31-26(34(25)4)16-9-19-5-10-21(11-6-19)27(29)30;/h5-8,10-15,17H,9,16,18H2,1-4H3,(H3,29,30);1H. The average Bonchev–Trinajstić information content (AvgIpc) is 3.17. The molecule has 3 aromatic carbocycles. The fraction of sp³-hybridized carbons (Fsp3) is 0.250.